The molecule has 2 N–H and O–H groups in total. The SMILES string of the molecule is O=C(O)CN(CC(=O)NCCc1cccc(Cl)c1)c1ccccc1. The van der Waals surface area contributed by atoms with Crippen LogP contribution in [0.5, 0.6) is 0 Å². The highest BCUT2D eigenvalue weighted by Gasteiger charge is 2.14. The fourth-order valence-electron chi connectivity index (χ4n) is 2.31. The van der Waals surface area contributed by atoms with Crippen LogP contribution in [-0.4, -0.2) is 36.6 Å². The number of rotatable bonds is 8. The average Bonchev–Trinajstić information content (AvgIpc) is 2.55. The Morgan fingerprint density at radius 1 is 1.04 bits per heavy atom. The van der Waals surface area contributed by atoms with Crippen LogP contribution in [0.15, 0.2) is 54.6 Å². The van der Waals surface area contributed by atoms with Gasteiger partial charge >= 0.3 is 5.97 Å². The predicted molar refractivity (Wildman–Crippen MR) is 94.5 cm³/mol. The molecular weight excluding hydrogens is 328 g/mol. The summed E-state index contributed by atoms with van der Waals surface area (Å²) in [5, 5.41) is 12.5. The van der Waals surface area contributed by atoms with E-state index in [0.717, 1.165) is 5.56 Å². The van der Waals surface area contributed by atoms with Crippen LogP contribution >= 0.6 is 11.6 Å². The Morgan fingerprint density at radius 3 is 2.46 bits per heavy atom. The van der Waals surface area contributed by atoms with E-state index in [1.807, 2.05) is 24.3 Å². The van der Waals surface area contributed by atoms with E-state index in [-0.39, 0.29) is 19.0 Å². The van der Waals surface area contributed by atoms with Crippen molar-refractivity contribution in [3.63, 3.8) is 0 Å². The third-order valence-electron chi connectivity index (χ3n) is 3.41. The number of halogens is 1. The maximum atomic E-state index is 12.1. The van der Waals surface area contributed by atoms with Gasteiger partial charge in [-0.1, -0.05) is 41.9 Å². The minimum absolute atomic E-state index is 0.00808. The summed E-state index contributed by atoms with van der Waals surface area (Å²) in [5.74, 6) is -1.20. The Labute approximate surface area is 145 Å². The van der Waals surface area contributed by atoms with E-state index in [4.69, 9.17) is 16.7 Å². The van der Waals surface area contributed by atoms with Gasteiger partial charge in [0.05, 0.1) is 6.54 Å². The molecule has 0 aromatic heterocycles. The number of carbonyl (C=O) groups is 2. The number of amides is 1. The summed E-state index contributed by atoms with van der Waals surface area (Å²) < 4.78 is 0. The molecule has 2 rings (SSSR count). The Balaban J connectivity index is 1.87. The quantitative estimate of drug-likeness (QED) is 0.770. The van der Waals surface area contributed by atoms with Crippen LogP contribution in [-0.2, 0) is 16.0 Å². The lowest BCUT2D eigenvalue weighted by Crippen LogP contribution is -2.40. The van der Waals surface area contributed by atoms with Gasteiger partial charge in [0.15, 0.2) is 0 Å². The molecule has 1 amide bonds. The third kappa shape index (κ3) is 5.93. The lowest BCUT2D eigenvalue weighted by molar-refractivity contribution is -0.135. The number of carboxylic acids is 1. The first-order chi connectivity index (χ1) is 11.5. The van der Waals surface area contributed by atoms with E-state index in [1.165, 1.54) is 4.90 Å². The second-order valence-corrected chi connectivity index (χ2v) is 5.75. The molecule has 0 unspecified atom stereocenters. The van der Waals surface area contributed by atoms with Crippen molar-refractivity contribution in [2.24, 2.45) is 0 Å². The summed E-state index contributed by atoms with van der Waals surface area (Å²) in [6.07, 6.45) is 0.663. The van der Waals surface area contributed by atoms with Crippen molar-refractivity contribution in [1.82, 2.24) is 5.32 Å². The second kappa shape index (κ2) is 8.93. The zero-order chi connectivity index (χ0) is 17.4. The lowest BCUT2D eigenvalue weighted by atomic mass is 10.1. The lowest BCUT2D eigenvalue weighted by Gasteiger charge is -2.22. The van der Waals surface area contributed by atoms with Gasteiger partial charge in [-0.15, -0.1) is 0 Å². The highest BCUT2D eigenvalue weighted by Crippen LogP contribution is 2.13. The van der Waals surface area contributed by atoms with Crippen LogP contribution in [0.4, 0.5) is 5.69 Å². The van der Waals surface area contributed by atoms with Crippen LogP contribution in [0.2, 0.25) is 5.02 Å². The highest BCUT2D eigenvalue weighted by atomic mass is 35.5. The molecule has 0 heterocycles. The number of anilines is 1. The summed E-state index contributed by atoms with van der Waals surface area (Å²) >= 11 is 5.92. The first-order valence-corrected chi connectivity index (χ1v) is 7.95. The minimum atomic E-state index is -0.981. The summed E-state index contributed by atoms with van der Waals surface area (Å²) in [4.78, 5) is 24.6. The standard InChI is InChI=1S/C18H19ClN2O3/c19-15-6-4-5-14(11-15)9-10-20-17(22)12-21(13-18(23)24)16-7-2-1-3-8-16/h1-8,11H,9-10,12-13H2,(H,20,22)(H,23,24). The first-order valence-electron chi connectivity index (χ1n) is 7.57. The van der Waals surface area contributed by atoms with Crippen LogP contribution in [0, 0.1) is 0 Å². The zero-order valence-corrected chi connectivity index (χ0v) is 13.9. The molecule has 0 aliphatic rings. The van der Waals surface area contributed by atoms with Gasteiger partial charge in [-0.2, -0.15) is 0 Å². The van der Waals surface area contributed by atoms with Gasteiger partial charge in [-0.05, 0) is 36.2 Å². The van der Waals surface area contributed by atoms with E-state index in [2.05, 4.69) is 5.32 Å². The van der Waals surface area contributed by atoms with Gasteiger partial charge in [0.25, 0.3) is 0 Å². The number of nitrogens with one attached hydrogen (secondary N) is 1. The van der Waals surface area contributed by atoms with Crippen molar-refractivity contribution >= 4 is 29.2 Å². The summed E-state index contributed by atoms with van der Waals surface area (Å²) in [6, 6.07) is 16.5. The van der Waals surface area contributed by atoms with Gasteiger partial charge in [-0.25, -0.2) is 0 Å². The number of hydrogen-bond donors (Lipinski definition) is 2. The summed E-state index contributed by atoms with van der Waals surface area (Å²) in [6.45, 7) is 0.229. The number of carbonyl (C=O) groups excluding carboxylic acids is 1. The maximum Gasteiger partial charge on any atom is 0.323 e. The number of hydrogen-bond acceptors (Lipinski definition) is 3. The molecular formula is C18H19ClN2O3. The molecule has 0 atom stereocenters. The molecule has 0 saturated carbocycles. The number of para-hydroxylation sites is 1. The number of nitrogens with zero attached hydrogens (tertiary/aromatic N) is 1. The Hall–Kier alpha value is -2.53. The van der Waals surface area contributed by atoms with E-state index >= 15 is 0 Å². The van der Waals surface area contributed by atoms with E-state index < -0.39 is 5.97 Å². The van der Waals surface area contributed by atoms with Gasteiger partial charge in [0, 0.05) is 17.3 Å². The predicted octanol–water partition coefficient (Wildman–Crippen LogP) is 2.59. The fourth-order valence-corrected chi connectivity index (χ4v) is 2.52. The topological polar surface area (TPSA) is 69.6 Å². The Morgan fingerprint density at radius 2 is 1.79 bits per heavy atom. The molecule has 0 fully saturated rings. The van der Waals surface area contributed by atoms with Crippen molar-refractivity contribution in [3.8, 4) is 0 Å². The third-order valence-corrected chi connectivity index (χ3v) is 3.64. The molecule has 24 heavy (non-hydrogen) atoms. The van der Waals surface area contributed by atoms with Crippen molar-refractivity contribution in [1.29, 1.82) is 0 Å². The van der Waals surface area contributed by atoms with Crippen LogP contribution in [0.3, 0.4) is 0 Å². The van der Waals surface area contributed by atoms with E-state index in [1.54, 1.807) is 30.3 Å². The first kappa shape index (κ1) is 17.8. The maximum absolute atomic E-state index is 12.1. The van der Waals surface area contributed by atoms with E-state index in [0.29, 0.717) is 23.7 Å². The van der Waals surface area contributed by atoms with Gasteiger partial charge < -0.3 is 15.3 Å². The molecule has 0 bridgehead atoms. The average molecular weight is 347 g/mol. The van der Waals surface area contributed by atoms with Crippen LogP contribution < -0.4 is 10.2 Å². The smallest absolute Gasteiger partial charge is 0.323 e. The molecule has 126 valence electrons. The molecule has 0 spiro atoms. The largest absolute Gasteiger partial charge is 0.480 e. The van der Waals surface area contributed by atoms with Crippen molar-refractivity contribution < 1.29 is 14.7 Å². The van der Waals surface area contributed by atoms with Crippen molar-refractivity contribution in [2.45, 2.75) is 6.42 Å². The fraction of sp³-hybridized carbons (Fsp3) is 0.222. The van der Waals surface area contributed by atoms with Gasteiger partial charge in [0.2, 0.25) is 5.91 Å². The molecule has 0 aliphatic heterocycles. The van der Waals surface area contributed by atoms with Crippen LogP contribution in [0.25, 0.3) is 0 Å². The monoisotopic (exact) mass is 346 g/mol. The molecule has 2 aromatic rings. The molecule has 5 nitrogen and oxygen atoms in total. The molecule has 0 radical (unpaired) electrons. The Kier molecular flexibility index (Phi) is 6.63. The van der Waals surface area contributed by atoms with Crippen LogP contribution in [0.1, 0.15) is 5.56 Å². The molecule has 6 heteroatoms. The second-order valence-electron chi connectivity index (χ2n) is 5.32. The zero-order valence-electron chi connectivity index (χ0n) is 13.1. The Bertz CT molecular complexity index is 692. The summed E-state index contributed by atoms with van der Waals surface area (Å²) in [5.41, 5.74) is 1.73. The normalized spacial score (nSPS) is 10.2. The summed E-state index contributed by atoms with van der Waals surface area (Å²) in [7, 11) is 0. The molecule has 2 aromatic carbocycles. The number of benzene rings is 2. The number of carboxylic acid groups (broad SMARTS) is 1. The van der Waals surface area contributed by atoms with E-state index in [9.17, 15) is 9.59 Å². The van der Waals surface area contributed by atoms with Gasteiger partial charge in [-0.3, -0.25) is 9.59 Å². The minimum Gasteiger partial charge on any atom is -0.480 e. The molecule has 0 aliphatic carbocycles. The van der Waals surface area contributed by atoms with Gasteiger partial charge in [0.1, 0.15) is 6.54 Å². The van der Waals surface area contributed by atoms with Crippen molar-refractivity contribution in [2.75, 3.05) is 24.5 Å². The molecule has 0 saturated heterocycles. The van der Waals surface area contributed by atoms with Crippen molar-refractivity contribution in [3.05, 3.63) is 65.2 Å². The highest BCUT2D eigenvalue weighted by molar-refractivity contribution is 6.30. The number of aliphatic carboxylic acids is 1.